The van der Waals surface area contributed by atoms with Crippen molar-refractivity contribution in [3.05, 3.63) is 0 Å². The van der Waals surface area contributed by atoms with E-state index in [1.165, 1.54) is 64.7 Å². The van der Waals surface area contributed by atoms with Gasteiger partial charge in [-0.05, 0) is 6.42 Å². The first-order valence-electron chi connectivity index (χ1n) is 7.48. The van der Waals surface area contributed by atoms with E-state index in [-0.39, 0.29) is 12.8 Å². The van der Waals surface area contributed by atoms with Crippen molar-refractivity contribution in [3.8, 4) is 0 Å². The molecule has 18 heavy (non-hydrogen) atoms. The van der Waals surface area contributed by atoms with Crippen molar-refractivity contribution >= 4 is 5.97 Å². The van der Waals surface area contributed by atoms with Crippen molar-refractivity contribution in [2.45, 2.75) is 78.1 Å². The van der Waals surface area contributed by atoms with Crippen LogP contribution in [0.5, 0.6) is 0 Å². The number of carbonyl (C=O) groups is 1. The van der Waals surface area contributed by atoms with E-state index in [0.29, 0.717) is 6.61 Å². The largest absolute Gasteiger partial charge is 0.439 e. The second kappa shape index (κ2) is 14.5. The zero-order chi connectivity index (χ0) is 13.5. The van der Waals surface area contributed by atoms with Crippen LogP contribution < -0.4 is 0 Å². The van der Waals surface area contributed by atoms with Gasteiger partial charge in [0.2, 0.25) is 0 Å². The van der Waals surface area contributed by atoms with Gasteiger partial charge < -0.3 is 9.47 Å². The second-order valence-electron chi connectivity index (χ2n) is 4.84. The molecule has 0 bridgehead atoms. The molecule has 3 heteroatoms. The smallest absolute Gasteiger partial charge is 0.304 e. The Morgan fingerprint density at radius 3 is 1.83 bits per heavy atom. The highest BCUT2D eigenvalue weighted by Gasteiger charge is 1.94. The Balaban J connectivity index is 2.92. The Kier molecular flexibility index (Phi) is 14.0. The van der Waals surface area contributed by atoms with Crippen molar-refractivity contribution in [1.29, 1.82) is 0 Å². The molecule has 0 saturated carbocycles. The van der Waals surface area contributed by atoms with Crippen molar-refractivity contribution in [2.75, 3.05) is 13.4 Å². The van der Waals surface area contributed by atoms with E-state index in [0.717, 1.165) is 6.42 Å². The minimum Gasteiger partial charge on any atom is -0.439 e. The molecular formula is C15H30O3. The Bertz CT molecular complexity index is 181. The quantitative estimate of drug-likeness (QED) is 0.278. The van der Waals surface area contributed by atoms with Crippen LogP contribution in [0, 0.1) is 0 Å². The highest BCUT2D eigenvalue weighted by Crippen LogP contribution is 2.10. The molecule has 0 aliphatic carbocycles. The third-order valence-electron chi connectivity index (χ3n) is 2.99. The Hall–Kier alpha value is -0.570. The number of esters is 1. The van der Waals surface area contributed by atoms with Crippen molar-refractivity contribution in [3.63, 3.8) is 0 Å². The van der Waals surface area contributed by atoms with Gasteiger partial charge >= 0.3 is 5.97 Å². The Morgan fingerprint density at radius 2 is 1.33 bits per heavy atom. The Morgan fingerprint density at radius 1 is 0.833 bits per heavy atom. The van der Waals surface area contributed by atoms with Gasteiger partial charge in [0.05, 0.1) is 6.61 Å². The van der Waals surface area contributed by atoms with E-state index in [9.17, 15) is 4.79 Å². The van der Waals surface area contributed by atoms with Gasteiger partial charge in [0.15, 0.2) is 6.79 Å². The third-order valence-corrected chi connectivity index (χ3v) is 2.99. The first-order valence-corrected chi connectivity index (χ1v) is 7.48. The minimum absolute atomic E-state index is 0.104. The molecule has 0 unspecified atom stereocenters. The van der Waals surface area contributed by atoms with Crippen LogP contribution in [0.15, 0.2) is 0 Å². The molecule has 0 heterocycles. The first-order chi connectivity index (χ1) is 8.77. The highest BCUT2D eigenvalue weighted by atomic mass is 16.7. The predicted molar refractivity (Wildman–Crippen MR) is 74.4 cm³/mol. The molecule has 0 fully saturated rings. The van der Waals surface area contributed by atoms with Crippen LogP contribution in [0.4, 0.5) is 0 Å². The van der Waals surface area contributed by atoms with Gasteiger partial charge in [-0.1, -0.05) is 64.7 Å². The lowest BCUT2D eigenvalue weighted by atomic mass is 10.1. The molecule has 0 aromatic heterocycles. The molecule has 0 aromatic carbocycles. The third kappa shape index (κ3) is 15.4. The number of ether oxygens (including phenoxy) is 2. The van der Waals surface area contributed by atoms with Crippen molar-refractivity contribution in [1.82, 2.24) is 0 Å². The molecule has 0 amide bonds. The molecule has 0 spiro atoms. The number of carbonyl (C=O) groups excluding carboxylic acids is 1. The van der Waals surface area contributed by atoms with E-state index in [2.05, 4.69) is 11.7 Å². The van der Waals surface area contributed by atoms with Crippen LogP contribution in [0.25, 0.3) is 0 Å². The number of rotatable bonds is 13. The molecule has 0 rings (SSSR count). The number of hydrogen-bond donors (Lipinski definition) is 0. The molecule has 0 N–H and O–H groups in total. The zero-order valence-corrected chi connectivity index (χ0v) is 12.2. The van der Waals surface area contributed by atoms with Gasteiger partial charge in [-0.2, -0.15) is 0 Å². The molecule has 0 saturated heterocycles. The second-order valence-corrected chi connectivity index (χ2v) is 4.84. The number of unbranched alkanes of at least 4 members (excludes halogenated alkanes) is 9. The molecule has 0 aliphatic rings. The van der Waals surface area contributed by atoms with Gasteiger partial charge in [-0.15, -0.1) is 0 Å². The molecule has 0 atom stereocenters. The van der Waals surface area contributed by atoms with E-state index in [1.807, 2.05) is 0 Å². The monoisotopic (exact) mass is 258 g/mol. The lowest BCUT2D eigenvalue weighted by Crippen LogP contribution is -2.05. The van der Waals surface area contributed by atoms with Gasteiger partial charge in [0.1, 0.15) is 0 Å². The lowest BCUT2D eigenvalue weighted by molar-refractivity contribution is -0.153. The fourth-order valence-corrected chi connectivity index (χ4v) is 1.88. The van der Waals surface area contributed by atoms with Gasteiger partial charge in [-0.3, -0.25) is 4.79 Å². The normalized spacial score (nSPS) is 10.6. The first kappa shape index (κ1) is 17.4. The lowest BCUT2D eigenvalue weighted by Gasteiger charge is -2.04. The molecular weight excluding hydrogens is 228 g/mol. The van der Waals surface area contributed by atoms with Gasteiger partial charge in [0.25, 0.3) is 0 Å². The summed E-state index contributed by atoms with van der Waals surface area (Å²) in [5.74, 6) is -0.280. The summed E-state index contributed by atoms with van der Waals surface area (Å²) in [6.07, 6.45) is 13.2. The fourth-order valence-electron chi connectivity index (χ4n) is 1.88. The molecule has 3 nitrogen and oxygen atoms in total. The van der Waals surface area contributed by atoms with Crippen LogP contribution in [0.1, 0.15) is 78.1 Å². The van der Waals surface area contributed by atoms with Crippen LogP contribution in [0.3, 0.4) is 0 Å². The van der Waals surface area contributed by atoms with Crippen LogP contribution in [-0.2, 0) is 14.3 Å². The summed E-state index contributed by atoms with van der Waals surface area (Å²) >= 11 is 0. The van der Waals surface area contributed by atoms with Crippen LogP contribution >= 0.6 is 0 Å². The molecule has 0 aliphatic heterocycles. The summed E-state index contributed by atoms with van der Waals surface area (Å²) in [7, 11) is 0. The maximum absolute atomic E-state index is 10.4. The summed E-state index contributed by atoms with van der Waals surface area (Å²) in [5.41, 5.74) is 0. The van der Waals surface area contributed by atoms with E-state index < -0.39 is 0 Å². The van der Waals surface area contributed by atoms with Crippen LogP contribution in [0.2, 0.25) is 0 Å². The van der Waals surface area contributed by atoms with Crippen molar-refractivity contribution < 1.29 is 14.3 Å². The standard InChI is InChI=1S/C15H30O3/c1-3-4-5-6-7-8-9-10-11-12-13-17-14-18-15(2)16/h3-14H2,1-2H3. The van der Waals surface area contributed by atoms with Crippen molar-refractivity contribution in [2.24, 2.45) is 0 Å². The number of hydrogen-bond acceptors (Lipinski definition) is 3. The SMILES string of the molecule is CCCCCCCCCCCCOCOC(C)=O. The maximum Gasteiger partial charge on any atom is 0.304 e. The van der Waals surface area contributed by atoms with Gasteiger partial charge in [-0.25, -0.2) is 0 Å². The summed E-state index contributed by atoms with van der Waals surface area (Å²) in [6, 6.07) is 0. The average Bonchev–Trinajstić information content (AvgIpc) is 2.34. The predicted octanol–water partition coefficient (Wildman–Crippen LogP) is 4.44. The van der Waals surface area contributed by atoms with E-state index in [1.54, 1.807) is 0 Å². The van der Waals surface area contributed by atoms with Crippen LogP contribution in [-0.4, -0.2) is 19.4 Å². The van der Waals surface area contributed by atoms with E-state index >= 15 is 0 Å². The fraction of sp³-hybridized carbons (Fsp3) is 0.933. The highest BCUT2D eigenvalue weighted by molar-refractivity contribution is 5.65. The molecule has 108 valence electrons. The minimum atomic E-state index is -0.280. The average molecular weight is 258 g/mol. The summed E-state index contributed by atoms with van der Waals surface area (Å²) in [4.78, 5) is 10.4. The van der Waals surface area contributed by atoms with Gasteiger partial charge in [0, 0.05) is 6.92 Å². The Labute approximate surface area is 112 Å². The molecule has 0 radical (unpaired) electrons. The summed E-state index contributed by atoms with van der Waals surface area (Å²) in [5, 5.41) is 0. The maximum atomic E-state index is 10.4. The zero-order valence-electron chi connectivity index (χ0n) is 12.2. The summed E-state index contributed by atoms with van der Waals surface area (Å²) < 4.78 is 9.85. The summed E-state index contributed by atoms with van der Waals surface area (Å²) in [6.45, 7) is 4.45. The molecule has 0 aromatic rings. The van der Waals surface area contributed by atoms with E-state index in [4.69, 9.17) is 4.74 Å². The topological polar surface area (TPSA) is 35.5 Å².